The van der Waals surface area contributed by atoms with Crippen LogP contribution in [0.15, 0.2) is 30.5 Å². The molecule has 2 heterocycles. The molecular formula is C17H17ClF3N5O2. The van der Waals surface area contributed by atoms with Gasteiger partial charge in [0.2, 0.25) is 5.95 Å². The highest BCUT2D eigenvalue weighted by atomic mass is 35.5. The van der Waals surface area contributed by atoms with Crippen LogP contribution in [0.5, 0.6) is 0 Å². The van der Waals surface area contributed by atoms with Crippen LogP contribution >= 0.6 is 11.6 Å². The number of halogens is 4. The maximum atomic E-state index is 12.7. The summed E-state index contributed by atoms with van der Waals surface area (Å²) in [5.74, 6) is -0.0358. The van der Waals surface area contributed by atoms with Gasteiger partial charge in [0.05, 0.1) is 0 Å². The summed E-state index contributed by atoms with van der Waals surface area (Å²) in [6.45, 7) is 1.44. The van der Waals surface area contributed by atoms with E-state index in [9.17, 15) is 18.0 Å². The third-order valence-corrected chi connectivity index (χ3v) is 4.65. The Morgan fingerprint density at radius 1 is 1.21 bits per heavy atom. The summed E-state index contributed by atoms with van der Waals surface area (Å²) in [5.41, 5.74) is 0.476. The first-order valence-electron chi connectivity index (χ1n) is 8.43. The Labute approximate surface area is 163 Å². The smallest absolute Gasteiger partial charge is 0.420 e. The van der Waals surface area contributed by atoms with Crippen molar-refractivity contribution in [2.24, 2.45) is 0 Å². The van der Waals surface area contributed by atoms with E-state index in [1.165, 1.54) is 0 Å². The highest BCUT2D eigenvalue weighted by Crippen LogP contribution is 2.33. The van der Waals surface area contributed by atoms with E-state index in [2.05, 4.69) is 25.5 Å². The van der Waals surface area contributed by atoms with E-state index in [0.717, 1.165) is 18.8 Å². The Hall–Kier alpha value is -2.75. The summed E-state index contributed by atoms with van der Waals surface area (Å²) >= 11 is 5.59. The van der Waals surface area contributed by atoms with E-state index in [-0.39, 0.29) is 12.0 Å². The number of hydrogen-bond donors (Lipinski definition) is 3. The minimum absolute atomic E-state index is 0.0358. The highest BCUT2D eigenvalue weighted by molar-refractivity contribution is 6.30. The lowest BCUT2D eigenvalue weighted by molar-refractivity contribution is -0.137. The first kappa shape index (κ1) is 20.0. The van der Waals surface area contributed by atoms with E-state index in [4.69, 9.17) is 16.7 Å². The van der Waals surface area contributed by atoms with Gasteiger partial charge < -0.3 is 20.6 Å². The van der Waals surface area contributed by atoms with Gasteiger partial charge in [-0.2, -0.15) is 13.2 Å². The molecule has 3 rings (SSSR count). The minimum atomic E-state index is -4.61. The number of carbonyl (C=O) groups is 1. The van der Waals surface area contributed by atoms with Crippen molar-refractivity contribution in [1.29, 1.82) is 0 Å². The van der Waals surface area contributed by atoms with Crippen LogP contribution in [0.25, 0.3) is 0 Å². The maximum absolute atomic E-state index is 12.7. The molecule has 1 amide bonds. The normalized spacial score (nSPS) is 15.4. The number of nitrogens with one attached hydrogen (secondary N) is 2. The molecule has 1 fully saturated rings. The molecule has 3 N–H and O–H groups in total. The fraction of sp³-hybridized carbons (Fsp3) is 0.353. The molecule has 0 unspecified atom stereocenters. The largest absolute Gasteiger partial charge is 0.465 e. The summed E-state index contributed by atoms with van der Waals surface area (Å²) < 4.78 is 38.1. The molecule has 1 saturated heterocycles. The number of alkyl halides is 3. The van der Waals surface area contributed by atoms with Gasteiger partial charge in [-0.1, -0.05) is 11.6 Å². The van der Waals surface area contributed by atoms with Crippen LogP contribution < -0.4 is 15.5 Å². The first-order valence-corrected chi connectivity index (χ1v) is 8.81. The van der Waals surface area contributed by atoms with Crippen LogP contribution in [-0.2, 0) is 6.18 Å². The number of piperidine rings is 1. The lowest BCUT2D eigenvalue weighted by Crippen LogP contribution is -2.44. The Balaban J connectivity index is 1.61. The Morgan fingerprint density at radius 2 is 1.86 bits per heavy atom. The average molecular weight is 416 g/mol. The van der Waals surface area contributed by atoms with Gasteiger partial charge in [0, 0.05) is 36.7 Å². The van der Waals surface area contributed by atoms with E-state index in [0.29, 0.717) is 24.7 Å². The fourth-order valence-corrected chi connectivity index (χ4v) is 3.19. The number of aromatic nitrogens is 2. The number of amides is 1. The number of anilines is 3. The second-order valence-corrected chi connectivity index (χ2v) is 6.64. The molecule has 11 heteroatoms. The van der Waals surface area contributed by atoms with Crippen molar-refractivity contribution in [2.45, 2.75) is 25.1 Å². The van der Waals surface area contributed by atoms with Crippen molar-refractivity contribution in [3.63, 3.8) is 0 Å². The van der Waals surface area contributed by atoms with Crippen molar-refractivity contribution >= 4 is 35.0 Å². The summed E-state index contributed by atoms with van der Waals surface area (Å²) in [5, 5.41) is 13.4. The summed E-state index contributed by atoms with van der Waals surface area (Å²) in [6.07, 6.45) is -3.56. The van der Waals surface area contributed by atoms with E-state index in [1.54, 1.807) is 12.1 Å². The maximum Gasteiger partial charge on any atom is 0.420 e. The van der Waals surface area contributed by atoms with Gasteiger partial charge in [-0.05, 0) is 37.1 Å². The lowest BCUT2D eigenvalue weighted by Gasteiger charge is -2.33. The van der Waals surface area contributed by atoms with Crippen LogP contribution in [0, 0.1) is 0 Å². The molecule has 0 atom stereocenters. The van der Waals surface area contributed by atoms with Gasteiger partial charge in [-0.3, -0.25) is 0 Å². The zero-order chi connectivity index (χ0) is 20.3. The molecule has 0 aliphatic carbocycles. The number of hydrogen-bond acceptors (Lipinski definition) is 5. The molecule has 0 bridgehead atoms. The van der Waals surface area contributed by atoms with Gasteiger partial charge in [-0.25, -0.2) is 14.8 Å². The minimum Gasteiger partial charge on any atom is -0.465 e. The van der Waals surface area contributed by atoms with Crippen LogP contribution in [0.4, 0.5) is 35.3 Å². The Morgan fingerprint density at radius 3 is 2.39 bits per heavy atom. The number of carboxylic acid groups (broad SMARTS) is 1. The molecule has 0 radical (unpaired) electrons. The fourth-order valence-electron chi connectivity index (χ4n) is 2.95. The number of nitrogens with zero attached hydrogens (tertiary/aromatic N) is 3. The third-order valence-electron chi connectivity index (χ3n) is 4.36. The van der Waals surface area contributed by atoms with Crippen molar-refractivity contribution in [2.75, 3.05) is 23.3 Å². The molecule has 2 aromatic rings. The zero-order valence-corrected chi connectivity index (χ0v) is 15.3. The predicted molar refractivity (Wildman–Crippen MR) is 98.2 cm³/mol. The van der Waals surface area contributed by atoms with Gasteiger partial charge in [-0.15, -0.1) is 0 Å². The second kappa shape index (κ2) is 8.09. The van der Waals surface area contributed by atoms with E-state index >= 15 is 0 Å². The molecule has 7 nitrogen and oxygen atoms in total. The zero-order valence-electron chi connectivity index (χ0n) is 14.5. The molecule has 0 spiro atoms. The molecule has 28 heavy (non-hydrogen) atoms. The molecule has 150 valence electrons. The van der Waals surface area contributed by atoms with Gasteiger partial charge in [0.15, 0.2) is 0 Å². The van der Waals surface area contributed by atoms with Crippen LogP contribution in [0.2, 0.25) is 5.15 Å². The quantitative estimate of drug-likeness (QED) is 0.650. The number of benzene rings is 1. The van der Waals surface area contributed by atoms with Gasteiger partial charge >= 0.3 is 12.3 Å². The van der Waals surface area contributed by atoms with Crippen LogP contribution in [-0.4, -0.2) is 40.3 Å². The Bertz CT molecular complexity index is 840. The van der Waals surface area contributed by atoms with Gasteiger partial charge in [0.1, 0.15) is 10.7 Å². The predicted octanol–water partition coefficient (Wildman–Crippen LogP) is 4.13. The van der Waals surface area contributed by atoms with E-state index < -0.39 is 23.0 Å². The van der Waals surface area contributed by atoms with Crippen LogP contribution in [0.3, 0.4) is 0 Å². The van der Waals surface area contributed by atoms with Gasteiger partial charge in [0.25, 0.3) is 0 Å². The molecule has 1 aliphatic heterocycles. The molecular weight excluding hydrogens is 399 g/mol. The summed E-state index contributed by atoms with van der Waals surface area (Å²) in [4.78, 5) is 20.1. The molecule has 1 aliphatic rings. The lowest BCUT2D eigenvalue weighted by atomic mass is 10.0. The highest BCUT2D eigenvalue weighted by Gasteiger charge is 2.34. The van der Waals surface area contributed by atoms with Crippen molar-refractivity contribution in [1.82, 2.24) is 15.3 Å². The first-order chi connectivity index (χ1) is 13.2. The third kappa shape index (κ3) is 4.94. The van der Waals surface area contributed by atoms with Crippen molar-refractivity contribution in [3.05, 3.63) is 41.2 Å². The van der Waals surface area contributed by atoms with Crippen LogP contribution in [0.1, 0.15) is 18.4 Å². The SMILES string of the molecule is O=C(O)NC1CCN(c2ccc(Nc3ncc(C(F)(F)F)c(Cl)n3)cc2)CC1. The van der Waals surface area contributed by atoms with Crippen molar-refractivity contribution in [3.8, 4) is 0 Å². The molecule has 1 aromatic carbocycles. The monoisotopic (exact) mass is 415 g/mol. The summed E-state index contributed by atoms with van der Waals surface area (Å²) in [6, 6.07) is 7.19. The number of rotatable bonds is 4. The summed E-state index contributed by atoms with van der Waals surface area (Å²) in [7, 11) is 0. The average Bonchev–Trinajstić information content (AvgIpc) is 2.61. The molecule has 0 saturated carbocycles. The van der Waals surface area contributed by atoms with E-state index in [1.807, 2.05) is 12.1 Å². The van der Waals surface area contributed by atoms with Crippen molar-refractivity contribution < 1.29 is 23.1 Å². The molecule has 1 aromatic heterocycles. The standard InChI is InChI=1S/C17H17ClF3N5O2/c18-14-13(17(19,20)21)9-22-15(25-14)23-10-1-3-12(4-2-10)26-7-5-11(6-8-26)24-16(27)28/h1-4,9,11,24H,5-8H2,(H,27,28)(H,22,23,25). The second-order valence-electron chi connectivity index (χ2n) is 6.28. The Kier molecular flexibility index (Phi) is 5.78. The topological polar surface area (TPSA) is 90.4 Å².